The number of nitrogens with zero attached hydrogens (tertiary/aromatic N) is 2. The summed E-state index contributed by atoms with van der Waals surface area (Å²) in [7, 11) is 0. The highest BCUT2D eigenvalue weighted by atomic mass is 16.6. The molecule has 2 N–H and O–H groups in total. The molecule has 0 spiro atoms. The predicted octanol–water partition coefficient (Wildman–Crippen LogP) is 2.98. The monoisotopic (exact) mass is 454 g/mol. The van der Waals surface area contributed by atoms with Gasteiger partial charge in [-0.15, -0.1) is 0 Å². The van der Waals surface area contributed by atoms with E-state index in [1.807, 2.05) is 48.5 Å². The number of benzene rings is 2. The molecule has 2 aromatic carbocycles. The number of anilines is 2. The van der Waals surface area contributed by atoms with E-state index >= 15 is 0 Å². The van der Waals surface area contributed by atoms with Crippen LogP contribution in [0.3, 0.4) is 0 Å². The zero-order valence-electron chi connectivity index (χ0n) is 18.6. The second-order valence-electron chi connectivity index (χ2n) is 6.73. The number of hydrogen-bond acceptors (Lipinski definition) is 10. The highest BCUT2D eigenvalue weighted by Crippen LogP contribution is 2.12. The fourth-order valence-corrected chi connectivity index (χ4v) is 2.59. The molecule has 174 valence electrons. The van der Waals surface area contributed by atoms with Crippen LogP contribution in [0.1, 0.15) is 20.8 Å². The van der Waals surface area contributed by atoms with Gasteiger partial charge >= 0.3 is 17.9 Å². The molecule has 0 bridgehead atoms. The molecule has 0 radical (unpaired) electrons. The van der Waals surface area contributed by atoms with Crippen LogP contribution in [0, 0.1) is 0 Å². The summed E-state index contributed by atoms with van der Waals surface area (Å²) in [5.41, 5.74) is 7.17. The Morgan fingerprint density at radius 1 is 0.818 bits per heavy atom. The molecular formula is C23H26N4O6. The first-order valence-corrected chi connectivity index (χ1v) is 10.1. The normalized spacial score (nSPS) is 13.0. The van der Waals surface area contributed by atoms with Crippen LogP contribution in [-0.4, -0.2) is 48.6 Å². The summed E-state index contributed by atoms with van der Waals surface area (Å²) in [5, 5.41) is 8.46. The maximum Gasteiger partial charge on any atom is 0.303 e. The lowest BCUT2D eigenvalue weighted by atomic mass is 10.1. The standard InChI is InChI=1S/C23H26N4O6/c1-16(28)31-15-22(32-17(2)29)23(33-18(3)30)21(27-26-20-12-8-5-9-13-20)14-24-25-19-10-6-4-7-11-19/h4-14,22-23,25-26H,15H2,1-3H3/t22-,23-/m0/s1. The zero-order chi connectivity index (χ0) is 24.1. The van der Waals surface area contributed by atoms with Crippen molar-refractivity contribution in [3.63, 3.8) is 0 Å². The minimum Gasteiger partial charge on any atom is -0.462 e. The van der Waals surface area contributed by atoms with Gasteiger partial charge in [-0.2, -0.15) is 10.2 Å². The van der Waals surface area contributed by atoms with E-state index in [2.05, 4.69) is 21.1 Å². The highest BCUT2D eigenvalue weighted by molar-refractivity contribution is 6.33. The second-order valence-corrected chi connectivity index (χ2v) is 6.73. The van der Waals surface area contributed by atoms with Crippen molar-refractivity contribution < 1.29 is 28.6 Å². The fourth-order valence-electron chi connectivity index (χ4n) is 2.59. The topological polar surface area (TPSA) is 128 Å². The maximum absolute atomic E-state index is 11.9. The number of nitrogens with one attached hydrogen (secondary N) is 2. The number of hydrazone groups is 2. The number of hydrogen-bond donors (Lipinski definition) is 2. The summed E-state index contributed by atoms with van der Waals surface area (Å²) in [5.74, 6) is -1.90. The average molecular weight is 454 g/mol. The molecule has 33 heavy (non-hydrogen) atoms. The molecule has 10 nitrogen and oxygen atoms in total. The molecule has 0 heterocycles. The third-order valence-corrected chi connectivity index (χ3v) is 3.94. The lowest BCUT2D eigenvalue weighted by Crippen LogP contribution is -2.44. The van der Waals surface area contributed by atoms with Crippen molar-refractivity contribution in [2.75, 3.05) is 17.5 Å². The number of ether oxygens (including phenoxy) is 3. The summed E-state index contributed by atoms with van der Waals surface area (Å²) in [6.07, 6.45) is -1.06. The van der Waals surface area contributed by atoms with Gasteiger partial charge in [-0.05, 0) is 24.3 Å². The predicted molar refractivity (Wildman–Crippen MR) is 124 cm³/mol. The number of para-hydroxylation sites is 2. The third kappa shape index (κ3) is 9.64. The van der Waals surface area contributed by atoms with Crippen LogP contribution in [0.25, 0.3) is 0 Å². The summed E-state index contributed by atoms with van der Waals surface area (Å²) >= 11 is 0. The van der Waals surface area contributed by atoms with Crippen LogP contribution in [0.15, 0.2) is 70.9 Å². The third-order valence-electron chi connectivity index (χ3n) is 3.94. The van der Waals surface area contributed by atoms with Gasteiger partial charge in [-0.1, -0.05) is 36.4 Å². The smallest absolute Gasteiger partial charge is 0.303 e. The Balaban J connectivity index is 2.38. The quantitative estimate of drug-likeness (QED) is 0.230. The van der Waals surface area contributed by atoms with Crippen LogP contribution < -0.4 is 10.9 Å². The first-order valence-electron chi connectivity index (χ1n) is 10.1. The van der Waals surface area contributed by atoms with Gasteiger partial charge in [0, 0.05) is 20.8 Å². The van der Waals surface area contributed by atoms with Crippen molar-refractivity contribution in [1.29, 1.82) is 0 Å². The van der Waals surface area contributed by atoms with E-state index < -0.39 is 30.1 Å². The molecule has 0 aromatic heterocycles. The Labute approximate surface area is 191 Å². The molecule has 0 aliphatic carbocycles. The van der Waals surface area contributed by atoms with Gasteiger partial charge in [-0.25, -0.2) is 0 Å². The van der Waals surface area contributed by atoms with Gasteiger partial charge in [0.15, 0.2) is 12.2 Å². The van der Waals surface area contributed by atoms with Crippen molar-refractivity contribution in [3.8, 4) is 0 Å². The van der Waals surface area contributed by atoms with Crippen molar-refractivity contribution >= 4 is 41.2 Å². The molecule has 0 unspecified atom stereocenters. The van der Waals surface area contributed by atoms with E-state index in [4.69, 9.17) is 14.2 Å². The van der Waals surface area contributed by atoms with Gasteiger partial charge in [0.05, 0.1) is 17.6 Å². The Bertz CT molecular complexity index is 979. The minimum atomic E-state index is -1.22. The van der Waals surface area contributed by atoms with E-state index in [-0.39, 0.29) is 12.3 Å². The summed E-state index contributed by atoms with van der Waals surface area (Å²) in [6.45, 7) is 3.25. The number of esters is 3. The van der Waals surface area contributed by atoms with E-state index in [1.165, 1.54) is 27.0 Å². The van der Waals surface area contributed by atoms with Crippen LogP contribution in [-0.2, 0) is 28.6 Å². The Morgan fingerprint density at radius 3 is 1.88 bits per heavy atom. The van der Waals surface area contributed by atoms with Gasteiger partial charge in [-0.3, -0.25) is 25.2 Å². The number of rotatable bonds is 11. The van der Waals surface area contributed by atoms with Crippen LogP contribution in [0.2, 0.25) is 0 Å². The van der Waals surface area contributed by atoms with E-state index in [1.54, 1.807) is 12.1 Å². The Morgan fingerprint density at radius 2 is 1.36 bits per heavy atom. The SMILES string of the molecule is CC(=O)OC[C@H](OC(C)=O)[C@@H](OC(C)=O)C(C=NNc1ccccc1)=NNc1ccccc1. The van der Waals surface area contributed by atoms with Gasteiger partial charge in [0.2, 0.25) is 0 Å². The highest BCUT2D eigenvalue weighted by Gasteiger charge is 2.33. The molecule has 10 heteroatoms. The lowest BCUT2D eigenvalue weighted by molar-refractivity contribution is -0.167. The van der Waals surface area contributed by atoms with Crippen molar-refractivity contribution in [2.24, 2.45) is 10.2 Å². The molecular weight excluding hydrogens is 428 g/mol. The first-order chi connectivity index (χ1) is 15.8. The van der Waals surface area contributed by atoms with Crippen molar-refractivity contribution in [2.45, 2.75) is 33.0 Å². The van der Waals surface area contributed by atoms with Crippen LogP contribution in [0.5, 0.6) is 0 Å². The average Bonchev–Trinajstić information content (AvgIpc) is 2.78. The minimum absolute atomic E-state index is 0.107. The van der Waals surface area contributed by atoms with Crippen molar-refractivity contribution in [3.05, 3.63) is 60.7 Å². The van der Waals surface area contributed by atoms with Gasteiger partial charge in [0.1, 0.15) is 12.3 Å². The molecule has 2 rings (SSSR count). The van der Waals surface area contributed by atoms with Crippen LogP contribution in [0.4, 0.5) is 11.4 Å². The largest absolute Gasteiger partial charge is 0.462 e. The van der Waals surface area contributed by atoms with Crippen LogP contribution >= 0.6 is 0 Å². The first kappa shape index (κ1) is 25.1. The fraction of sp³-hybridized carbons (Fsp3) is 0.261. The molecule has 0 amide bonds. The van der Waals surface area contributed by atoms with Crippen molar-refractivity contribution in [1.82, 2.24) is 0 Å². The molecule has 0 saturated heterocycles. The Kier molecular flexibility index (Phi) is 10.1. The summed E-state index contributed by atoms with van der Waals surface area (Å²) in [6, 6.07) is 18.2. The lowest BCUT2D eigenvalue weighted by Gasteiger charge is -2.25. The van der Waals surface area contributed by atoms with Gasteiger partial charge in [0.25, 0.3) is 0 Å². The molecule has 0 fully saturated rings. The molecule has 0 aliphatic rings. The molecule has 2 atom stereocenters. The van der Waals surface area contributed by atoms with E-state index in [0.29, 0.717) is 11.4 Å². The zero-order valence-corrected chi connectivity index (χ0v) is 18.6. The molecule has 2 aromatic rings. The number of carbonyl (C=O) groups is 3. The van der Waals surface area contributed by atoms with E-state index in [0.717, 1.165) is 0 Å². The second kappa shape index (κ2) is 13.3. The maximum atomic E-state index is 11.9. The summed E-state index contributed by atoms with van der Waals surface area (Å²) < 4.78 is 15.7. The molecule has 0 aliphatic heterocycles. The van der Waals surface area contributed by atoms with Gasteiger partial charge < -0.3 is 14.2 Å². The Hall–Kier alpha value is -4.21. The van der Waals surface area contributed by atoms with E-state index in [9.17, 15) is 14.4 Å². The number of carbonyl (C=O) groups excluding carboxylic acids is 3. The summed E-state index contributed by atoms with van der Waals surface area (Å²) in [4.78, 5) is 34.9. The molecule has 0 saturated carbocycles.